The molecule has 18 heavy (non-hydrogen) atoms. The minimum atomic E-state index is -0.417. The van der Waals surface area contributed by atoms with E-state index in [2.05, 4.69) is 10.3 Å². The summed E-state index contributed by atoms with van der Waals surface area (Å²) >= 11 is 0. The monoisotopic (exact) mass is 241 g/mol. The molecule has 0 atom stereocenters. The maximum atomic E-state index is 13.3. The van der Waals surface area contributed by atoms with Crippen LogP contribution in [0, 0.1) is 5.82 Å². The molecule has 0 saturated carbocycles. The highest BCUT2D eigenvalue weighted by molar-refractivity contribution is 5.95. The lowest BCUT2D eigenvalue weighted by Gasteiger charge is -2.08. The van der Waals surface area contributed by atoms with Gasteiger partial charge in [-0.15, -0.1) is 0 Å². The summed E-state index contributed by atoms with van der Waals surface area (Å²) in [6.45, 7) is 0. The molecule has 0 amide bonds. The summed E-state index contributed by atoms with van der Waals surface area (Å²) in [4.78, 5) is 3.15. The van der Waals surface area contributed by atoms with Crippen LogP contribution < -0.4 is 11.1 Å². The van der Waals surface area contributed by atoms with E-state index < -0.39 is 5.82 Å². The van der Waals surface area contributed by atoms with Crippen molar-refractivity contribution >= 4 is 28.0 Å². The number of fused-ring (bicyclic) bond motifs is 1. The zero-order valence-corrected chi connectivity index (χ0v) is 9.57. The molecule has 3 nitrogen and oxygen atoms in total. The lowest BCUT2D eigenvalue weighted by Crippen LogP contribution is -1.98. The second-order valence-electron chi connectivity index (χ2n) is 4.07. The van der Waals surface area contributed by atoms with Crippen LogP contribution >= 0.6 is 0 Å². The van der Waals surface area contributed by atoms with E-state index in [0.717, 1.165) is 16.6 Å². The molecule has 1 aromatic heterocycles. The molecule has 0 bridgehead atoms. The van der Waals surface area contributed by atoms with E-state index in [4.69, 9.17) is 5.73 Å². The van der Waals surface area contributed by atoms with Crippen LogP contribution in [0.1, 0.15) is 0 Å². The predicted octanol–water partition coefficient (Wildman–Crippen LogP) is 3.63. The van der Waals surface area contributed by atoms with Crippen molar-refractivity contribution in [2.45, 2.75) is 0 Å². The number of hydrogen-bond acceptors (Lipinski definition) is 2. The standard InChI is InChI=1S/C14H12FN3/c15-10-5-3-7-12(14(10)16)18-13-8-17-11-6-2-1-4-9(11)13/h1-8,17-18H,16H2. The van der Waals surface area contributed by atoms with E-state index in [9.17, 15) is 4.39 Å². The summed E-state index contributed by atoms with van der Waals surface area (Å²) in [5.41, 5.74) is 8.29. The van der Waals surface area contributed by atoms with Gasteiger partial charge in [0.15, 0.2) is 0 Å². The quantitative estimate of drug-likeness (QED) is 0.600. The number of nitrogens with one attached hydrogen (secondary N) is 2. The van der Waals surface area contributed by atoms with Crippen LogP contribution in [-0.2, 0) is 0 Å². The Hall–Kier alpha value is -2.49. The Kier molecular flexibility index (Phi) is 2.41. The zero-order valence-electron chi connectivity index (χ0n) is 9.57. The molecule has 90 valence electrons. The third-order valence-electron chi connectivity index (χ3n) is 2.91. The molecule has 4 heteroatoms. The normalized spacial score (nSPS) is 10.7. The summed E-state index contributed by atoms with van der Waals surface area (Å²) in [5.74, 6) is -0.417. The van der Waals surface area contributed by atoms with Crippen LogP contribution in [0.3, 0.4) is 0 Å². The second kappa shape index (κ2) is 4.07. The number of halogens is 1. The third-order valence-corrected chi connectivity index (χ3v) is 2.91. The summed E-state index contributed by atoms with van der Waals surface area (Å²) in [5, 5.41) is 4.18. The minimum absolute atomic E-state index is 0.128. The first kappa shape index (κ1) is 10.7. The number of rotatable bonds is 2. The Morgan fingerprint density at radius 2 is 1.83 bits per heavy atom. The molecule has 0 aliphatic heterocycles. The van der Waals surface area contributed by atoms with E-state index in [1.54, 1.807) is 12.1 Å². The van der Waals surface area contributed by atoms with Crippen LogP contribution in [0.2, 0.25) is 0 Å². The van der Waals surface area contributed by atoms with Crippen molar-refractivity contribution in [1.82, 2.24) is 4.98 Å². The SMILES string of the molecule is Nc1c(F)cccc1Nc1c[nH]c2ccccc12. The minimum Gasteiger partial charge on any atom is -0.395 e. The van der Waals surface area contributed by atoms with E-state index in [1.807, 2.05) is 30.5 Å². The van der Waals surface area contributed by atoms with Gasteiger partial charge in [-0.05, 0) is 18.2 Å². The summed E-state index contributed by atoms with van der Waals surface area (Å²) in [6, 6.07) is 12.6. The fourth-order valence-corrected chi connectivity index (χ4v) is 1.97. The predicted molar refractivity (Wildman–Crippen MR) is 72.4 cm³/mol. The lowest BCUT2D eigenvalue weighted by molar-refractivity contribution is 0.633. The van der Waals surface area contributed by atoms with Gasteiger partial charge in [-0.2, -0.15) is 0 Å². The van der Waals surface area contributed by atoms with E-state index in [-0.39, 0.29) is 5.69 Å². The highest BCUT2D eigenvalue weighted by Crippen LogP contribution is 2.29. The van der Waals surface area contributed by atoms with Gasteiger partial charge in [0.2, 0.25) is 0 Å². The molecule has 4 N–H and O–H groups in total. The van der Waals surface area contributed by atoms with Gasteiger partial charge >= 0.3 is 0 Å². The average Bonchev–Trinajstić information content (AvgIpc) is 2.79. The first-order chi connectivity index (χ1) is 8.75. The number of aromatic nitrogens is 1. The average molecular weight is 241 g/mol. The zero-order chi connectivity index (χ0) is 12.5. The fourth-order valence-electron chi connectivity index (χ4n) is 1.97. The number of hydrogen-bond donors (Lipinski definition) is 3. The van der Waals surface area contributed by atoms with E-state index in [1.165, 1.54) is 6.07 Å². The Balaban J connectivity index is 2.04. The molecule has 0 spiro atoms. The van der Waals surface area contributed by atoms with Crippen molar-refractivity contribution in [3.63, 3.8) is 0 Å². The summed E-state index contributed by atoms with van der Waals surface area (Å²) < 4.78 is 13.3. The number of para-hydroxylation sites is 2. The molecule has 0 aliphatic carbocycles. The Morgan fingerprint density at radius 1 is 1.00 bits per heavy atom. The molecule has 0 fully saturated rings. The molecule has 2 aromatic carbocycles. The molecule has 1 heterocycles. The van der Waals surface area contributed by atoms with Crippen molar-refractivity contribution in [2.75, 3.05) is 11.1 Å². The highest BCUT2D eigenvalue weighted by Gasteiger charge is 2.07. The number of nitrogens with two attached hydrogens (primary N) is 1. The second-order valence-corrected chi connectivity index (χ2v) is 4.07. The smallest absolute Gasteiger partial charge is 0.148 e. The Morgan fingerprint density at radius 3 is 2.72 bits per heavy atom. The molecule has 0 aliphatic rings. The number of H-pyrrole nitrogens is 1. The maximum absolute atomic E-state index is 13.3. The summed E-state index contributed by atoms with van der Waals surface area (Å²) in [7, 11) is 0. The van der Waals surface area contributed by atoms with E-state index in [0.29, 0.717) is 5.69 Å². The number of benzene rings is 2. The highest BCUT2D eigenvalue weighted by atomic mass is 19.1. The van der Waals surface area contributed by atoms with Crippen LogP contribution in [-0.4, -0.2) is 4.98 Å². The first-order valence-electron chi connectivity index (χ1n) is 5.63. The summed E-state index contributed by atoms with van der Waals surface area (Å²) in [6.07, 6.45) is 1.84. The van der Waals surface area contributed by atoms with Gasteiger partial charge in [0.05, 0.1) is 17.1 Å². The molecule has 3 rings (SSSR count). The molecule has 0 radical (unpaired) electrons. The molecular weight excluding hydrogens is 229 g/mol. The molecule has 0 unspecified atom stereocenters. The van der Waals surface area contributed by atoms with Crippen molar-refractivity contribution in [1.29, 1.82) is 0 Å². The topological polar surface area (TPSA) is 53.8 Å². The largest absolute Gasteiger partial charge is 0.395 e. The lowest BCUT2D eigenvalue weighted by atomic mass is 10.2. The number of anilines is 3. The van der Waals surface area contributed by atoms with Gasteiger partial charge < -0.3 is 16.0 Å². The van der Waals surface area contributed by atoms with Crippen LogP contribution in [0.15, 0.2) is 48.7 Å². The van der Waals surface area contributed by atoms with Gasteiger partial charge in [0.1, 0.15) is 5.82 Å². The molecule has 0 saturated heterocycles. The maximum Gasteiger partial charge on any atom is 0.148 e. The number of nitrogen functional groups attached to an aromatic ring is 1. The first-order valence-corrected chi connectivity index (χ1v) is 5.63. The van der Waals surface area contributed by atoms with Crippen molar-refractivity contribution in [2.24, 2.45) is 0 Å². The Bertz CT molecular complexity index is 703. The van der Waals surface area contributed by atoms with Gasteiger partial charge in [0, 0.05) is 17.1 Å². The van der Waals surface area contributed by atoms with E-state index >= 15 is 0 Å². The van der Waals surface area contributed by atoms with Crippen LogP contribution in [0.5, 0.6) is 0 Å². The molecular formula is C14H12FN3. The number of aromatic amines is 1. The molecule has 3 aromatic rings. The third kappa shape index (κ3) is 1.68. The van der Waals surface area contributed by atoms with Crippen molar-refractivity contribution in [3.05, 3.63) is 54.5 Å². The van der Waals surface area contributed by atoms with Crippen LogP contribution in [0.4, 0.5) is 21.5 Å². The van der Waals surface area contributed by atoms with Gasteiger partial charge in [0.25, 0.3) is 0 Å². The Labute approximate surface area is 103 Å². The van der Waals surface area contributed by atoms with Crippen LogP contribution in [0.25, 0.3) is 10.9 Å². The van der Waals surface area contributed by atoms with Gasteiger partial charge in [-0.1, -0.05) is 24.3 Å². The van der Waals surface area contributed by atoms with Crippen molar-refractivity contribution < 1.29 is 4.39 Å². The van der Waals surface area contributed by atoms with Gasteiger partial charge in [-0.3, -0.25) is 0 Å². The van der Waals surface area contributed by atoms with Gasteiger partial charge in [-0.25, -0.2) is 4.39 Å². The van der Waals surface area contributed by atoms with Crippen molar-refractivity contribution in [3.8, 4) is 0 Å². The fraction of sp³-hybridized carbons (Fsp3) is 0.